The van der Waals surface area contributed by atoms with Crippen LogP contribution in [0, 0.1) is 5.92 Å². The predicted molar refractivity (Wildman–Crippen MR) is 129 cm³/mol. The predicted octanol–water partition coefficient (Wildman–Crippen LogP) is 5.82. The van der Waals surface area contributed by atoms with Gasteiger partial charge in [0.05, 0.1) is 0 Å². The number of halogens is 1. The molecule has 2 aliphatic rings. The summed E-state index contributed by atoms with van der Waals surface area (Å²) in [7, 11) is 0. The lowest BCUT2D eigenvalue weighted by Crippen LogP contribution is -2.47. The molecule has 0 radical (unpaired) electrons. The molecule has 3 nitrogen and oxygen atoms in total. The second-order valence-electron chi connectivity index (χ2n) is 8.66. The molecule has 1 aliphatic carbocycles. The highest BCUT2D eigenvalue weighted by Crippen LogP contribution is 2.29. The van der Waals surface area contributed by atoms with E-state index in [4.69, 9.17) is 4.74 Å². The molecule has 2 aromatic rings. The lowest BCUT2D eigenvalue weighted by molar-refractivity contribution is 0.199. The molecule has 0 N–H and O–H groups in total. The second-order valence-corrected chi connectivity index (χ2v) is 8.66. The molecule has 4 rings (SSSR count). The number of nitrogens with zero attached hydrogens (tertiary/aromatic N) is 2. The zero-order valence-corrected chi connectivity index (χ0v) is 19.0. The van der Waals surface area contributed by atoms with Crippen LogP contribution in [0.1, 0.15) is 44.1 Å². The van der Waals surface area contributed by atoms with Gasteiger partial charge in [-0.3, -0.25) is 4.90 Å². The Morgan fingerprint density at radius 2 is 1.50 bits per heavy atom. The summed E-state index contributed by atoms with van der Waals surface area (Å²) in [6, 6.07) is 19.4. The van der Waals surface area contributed by atoms with E-state index in [0.29, 0.717) is 0 Å². The second kappa shape index (κ2) is 12.2. The van der Waals surface area contributed by atoms with Gasteiger partial charge < -0.3 is 9.64 Å². The molecule has 0 unspecified atom stereocenters. The summed E-state index contributed by atoms with van der Waals surface area (Å²) in [5.74, 6) is 2.03. The molecule has 30 heavy (non-hydrogen) atoms. The van der Waals surface area contributed by atoms with E-state index in [0.717, 1.165) is 57.4 Å². The van der Waals surface area contributed by atoms with Crippen molar-refractivity contribution >= 4 is 18.1 Å². The van der Waals surface area contributed by atoms with Crippen LogP contribution in [-0.2, 0) is 6.42 Å². The number of para-hydroxylation sites is 2. The van der Waals surface area contributed by atoms with Crippen LogP contribution in [-0.4, -0.2) is 44.2 Å². The Morgan fingerprint density at radius 3 is 2.27 bits per heavy atom. The first-order chi connectivity index (χ1) is 14.4. The monoisotopic (exact) mass is 428 g/mol. The molecule has 0 spiro atoms. The first-order valence-corrected chi connectivity index (χ1v) is 11.6. The van der Waals surface area contributed by atoms with Crippen molar-refractivity contribution < 1.29 is 4.74 Å². The first-order valence-electron chi connectivity index (χ1n) is 11.6. The Morgan fingerprint density at radius 1 is 0.800 bits per heavy atom. The van der Waals surface area contributed by atoms with E-state index in [9.17, 15) is 0 Å². The molecule has 0 atom stereocenters. The van der Waals surface area contributed by atoms with E-state index >= 15 is 0 Å². The minimum Gasteiger partial charge on any atom is -0.492 e. The highest BCUT2D eigenvalue weighted by molar-refractivity contribution is 5.85. The molecule has 1 saturated heterocycles. The SMILES string of the molecule is Cl.c1ccc(N2CCN(CCOc3ccccc3CCC3CCCCC3)CC2)cc1. The molecule has 1 aliphatic heterocycles. The van der Waals surface area contributed by atoms with E-state index in [-0.39, 0.29) is 12.4 Å². The number of benzene rings is 2. The van der Waals surface area contributed by atoms with Crippen LogP contribution >= 0.6 is 12.4 Å². The lowest BCUT2D eigenvalue weighted by Gasteiger charge is -2.36. The molecule has 0 bridgehead atoms. The van der Waals surface area contributed by atoms with E-state index in [1.807, 2.05) is 0 Å². The van der Waals surface area contributed by atoms with Gasteiger partial charge in [-0.2, -0.15) is 0 Å². The number of aryl methyl sites for hydroxylation is 1. The van der Waals surface area contributed by atoms with Gasteiger partial charge in [0, 0.05) is 38.4 Å². The van der Waals surface area contributed by atoms with Gasteiger partial charge in [0.15, 0.2) is 0 Å². The number of ether oxygens (including phenoxy) is 1. The van der Waals surface area contributed by atoms with Gasteiger partial charge in [0.1, 0.15) is 12.4 Å². The third-order valence-corrected chi connectivity index (χ3v) is 6.68. The van der Waals surface area contributed by atoms with Crippen LogP contribution in [0.25, 0.3) is 0 Å². The minimum atomic E-state index is 0. The van der Waals surface area contributed by atoms with Crippen LogP contribution in [0.5, 0.6) is 5.75 Å². The molecule has 4 heteroatoms. The minimum absolute atomic E-state index is 0. The van der Waals surface area contributed by atoms with Crippen molar-refractivity contribution in [2.45, 2.75) is 44.9 Å². The van der Waals surface area contributed by atoms with Crippen LogP contribution in [0.4, 0.5) is 5.69 Å². The molecular weight excluding hydrogens is 392 g/mol. The van der Waals surface area contributed by atoms with Crippen LogP contribution in [0.3, 0.4) is 0 Å². The van der Waals surface area contributed by atoms with Gasteiger partial charge in [0.2, 0.25) is 0 Å². The Bertz CT molecular complexity index is 725. The van der Waals surface area contributed by atoms with E-state index in [1.54, 1.807) is 0 Å². The van der Waals surface area contributed by atoms with Crippen LogP contribution in [0.2, 0.25) is 0 Å². The maximum atomic E-state index is 6.24. The van der Waals surface area contributed by atoms with Crippen molar-refractivity contribution in [3.8, 4) is 5.75 Å². The highest BCUT2D eigenvalue weighted by atomic mass is 35.5. The summed E-state index contributed by atoms with van der Waals surface area (Å²) in [4.78, 5) is 5.02. The summed E-state index contributed by atoms with van der Waals surface area (Å²) in [5, 5.41) is 0. The molecule has 1 heterocycles. The summed E-state index contributed by atoms with van der Waals surface area (Å²) >= 11 is 0. The molecule has 2 fully saturated rings. The van der Waals surface area contributed by atoms with Crippen molar-refractivity contribution in [1.82, 2.24) is 4.90 Å². The quantitative estimate of drug-likeness (QED) is 0.526. The van der Waals surface area contributed by atoms with Gasteiger partial charge >= 0.3 is 0 Å². The smallest absolute Gasteiger partial charge is 0.122 e. The van der Waals surface area contributed by atoms with E-state index < -0.39 is 0 Å². The fraction of sp³-hybridized carbons (Fsp3) is 0.538. The molecular formula is C26H37ClN2O. The van der Waals surface area contributed by atoms with Crippen molar-refractivity contribution in [2.24, 2.45) is 5.92 Å². The molecule has 2 aromatic carbocycles. The Kier molecular flexibility index (Phi) is 9.35. The number of rotatable bonds is 8. The normalized spacial score (nSPS) is 18.1. The third-order valence-electron chi connectivity index (χ3n) is 6.68. The zero-order valence-electron chi connectivity index (χ0n) is 18.2. The fourth-order valence-electron chi connectivity index (χ4n) is 4.84. The Hall–Kier alpha value is -1.71. The number of anilines is 1. The Balaban J connectivity index is 0.00000256. The van der Waals surface area contributed by atoms with Gasteiger partial charge in [-0.15, -0.1) is 12.4 Å². The summed E-state index contributed by atoms with van der Waals surface area (Å²) < 4.78 is 6.24. The average Bonchev–Trinajstić information content (AvgIpc) is 2.80. The van der Waals surface area contributed by atoms with Gasteiger partial charge in [0.25, 0.3) is 0 Å². The van der Waals surface area contributed by atoms with Gasteiger partial charge in [-0.25, -0.2) is 0 Å². The summed E-state index contributed by atoms with van der Waals surface area (Å²) in [6.45, 7) is 6.22. The van der Waals surface area contributed by atoms with Crippen LogP contribution < -0.4 is 9.64 Å². The van der Waals surface area contributed by atoms with E-state index in [1.165, 1.54) is 49.8 Å². The highest BCUT2D eigenvalue weighted by Gasteiger charge is 2.17. The maximum absolute atomic E-state index is 6.24. The summed E-state index contributed by atoms with van der Waals surface area (Å²) in [6.07, 6.45) is 9.64. The Labute approximate surface area is 188 Å². The van der Waals surface area contributed by atoms with Gasteiger partial charge in [-0.05, 0) is 42.5 Å². The largest absolute Gasteiger partial charge is 0.492 e. The van der Waals surface area contributed by atoms with Crippen molar-refractivity contribution in [1.29, 1.82) is 0 Å². The zero-order chi connectivity index (χ0) is 19.7. The number of hydrogen-bond donors (Lipinski definition) is 0. The third kappa shape index (κ3) is 6.65. The molecule has 0 amide bonds. The lowest BCUT2D eigenvalue weighted by atomic mass is 9.85. The standard InChI is InChI=1S/C26H36N2O.ClH/c1-3-9-23(10-4-1)15-16-24-11-7-8-14-26(24)29-22-21-27-17-19-28(20-18-27)25-12-5-2-6-13-25;/h2,5-8,11-14,23H,1,3-4,9-10,15-22H2;1H. The maximum Gasteiger partial charge on any atom is 0.122 e. The number of piperazine rings is 1. The summed E-state index contributed by atoms with van der Waals surface area (Å²) in [5.41, 5.74) is 2.74. The molecule has 164 valence electrons. The molecule has 0 aromatic heterocycles. The molecule has 1 saturated carbocycles. The van der Waals surface area contributed by atoms with E-state index in [2.05, 4.69) is 64.4 Å². The average molecular weight is 429 g/mol. The van der Waals surface area contributed by atoms with Crippen molar-refractivity contribution in [2.75, 3.05) is 44.2 Å². The van der Waals surface area contributed by atoms with Crippen molar-refractivity contribution in [3.63, 3.8) is 0 Å². The van der Waals surface area contributed by atoms with Crippen molar-refractivity contribution in [3.05, 3.63) is 60.2 Å². The topological polar surface area (TPSA) is 15.7 Å². The first kappa shape index (κ1) is 23.0. The van der Waals surface area contributed by atoms with Crippen LogP contribution in [0.15, 0.2) is 54.6 Å². The fourth-order valence-corrected chi connectivity index (χ4v) is 4.84. The van der Waals surface area contributed by atoms with Gasteiger partial charge in [-0.1, -0.05) is 68.5 Å². The number of hydrogen-bond acceptors (Lipinski definition) is 3.